The van der Waals surface area contributed by atoms with E-state index in [0.29, 0.717) is 11.9 Å². The molecule has 1 aliphatic heterocycles. The van der Waals surface area contributed by atoms with Crippen molar-refractivity contribution in [1.82, 2.24) is 9.88 Å². The first-order valence-electron chi connectivity index (χ1n) is 6.32. The summed E-state index contributed by atoms with van der Waals surface area (Å²) in [6.45, 7) is 6.07. The normalized spacial score (nSPS) is 20.0. The number of ether oxygens (including phenoxy) is 1. The molecule has 4 nitrogen and oxygen atoms in total. The molecule has 2 N–H and O–H groups in total. The Morgan fingerprint density at radius 1 is 1.53 bits per heavy atom. The first-order chi connectivity index (χ1) is 8.28. The smallest absolute Gasteiger partial charge is 0.123 e. The van der Waals surface area contributed by atoms with E-state index < -0.39 is 0 Å². The maximum Gasteiger partial charge on any atom is 0.123 e. The van der Waals surface area contributed by atoms with Gasteiger partial charge in [0.2, 0.25) is 0 Å². The average Bonchev–Trinajstić information content (AvgIpc) is 2.84. The number of hydrogen-bond donors (Lipinski definition) is 1. The summed E-state index contributed by atoms with van der Waals surface area (Å²) < 4.78 is 5.66. The van der Waals surface area contributed by atoms with Gasteiger partial charge in [-0.2, -0.15) is 0 Å². The summed E-state index contributed by atoms with van der Waals surface area (Å²) in [5.74, 6) is 0.580. The third-order valence-corrected chi connectivity index (χ3v) is 3.19. The van der Waals surface area contributed by atoms with Crippen LogP contribution >= 0.6 is 0 Å². The van der Waals surface area contributed by atoms with Crippen LogP contribution in [-0.4, -0.2) is 35.7 Å². The van der Waals surface area contributed by atoms with E-state index in [9.17, 15) is 0 Å². The summed E-state index contributed by atoms with van der Waals surface area (Å²) in [6.07, 6.45) is 4.66. The molecule has 0 spiro atoms. The van der Waals surface area contributed by atoms with E-state index in [1.165, 1.54) is 18.4 Å². The highest BCUT2D eigenvalue weighted by Crippen LogP contribution is 2.14. The number of pyridine rings is 1. The summed E-state index contributed by atoms with van der Waals surface area (Å²) in [4.78, 5) is 6.51. The largest absolute Gasteiger partial charge is 0.384 e. The molecule has 0 radical (unpaired) electrons. The Labute approximate surface area is 103 Å². The molecule has 0 bridgehead atoms. The molecule has 0 saturated carbocycles. The molecule has 1 aromatic heterocycles. The maximum absolute atomic E-state index is 5.66. The van der Waals surface area contributed by atoms with Crippen molar-refractivity contribution in [3.63, 3.8) is 0 Å². The van der Waals surface area contributed by atoms with E-state index in [1.807, 2.05) is 18.3 Å². The van der Waals surface area contributed by atoms with Crippen LogP contribution in [0.25, 0.3) is 0 Å². The van der Waals surface area contributed by atoms with Crippen molar-refractivity contribution in [1.29, 1.82) is 0 Å². The number of hydrogen-bond acceptors (Lipinski definition) is 4. The minimum absolute atomic E-state index is 0.414. The van der Waals surface area contributed by atoms with Gasteiger partial charge < -0.3 is 10.5 Å². The SMILES string of the molecule is CCN(Cc1ccc(N)nc1)CC1CCCO1. The van der Waals surface area contributed by atoms with Gasteiger partial charge in [0.25, 0.3) is 0 Å². The first kappa shape index (κ1) is 12.3. The van der Waals surface area contributed by atoms with Crippen LogP contribution in [0, 0.1) is 0 Å². The van der Waals surface area contributed by atoms with E-state index >= 15 is 0 Å². The minimum Gasteiger partial charge on any atom is -0.384 e. The molecule has 2 rings (SSSR count). The standard InChI is InChI=1S/C13H21N3O/c1-2-16(10-12-4-3-7-17-12)9-11-5-6-13(14)15-8-11/h5-6,8,12H,2-4,7,9-10H2,1H3,(H2,14,15). The number of nitrogens with two attached hydrogens (primary N) is 1. The number of nitrogens with zero attached hydrogens (tertiary/aromatic N) is 2. The Kier molecular flexibility index (Phi) is 4.34. The summed E-state index contributed by atoms with van der Waals surface area (Å²) in [6, 6.07) is 3.90. The van der Waals surface area contributed by atoms with Gasteiger partial charge in [-0.05, 0) is 31.0 Å². The zero-order chi connectivity index (χ0) is 12.1. The fourth-order valence-electron chi connectivity index (χ4n) is 2.17. The first-order valence-corrected chi connectivity index (χ1v) is 6.32. The van der Waals surface area contributed by atoms with Gasteiger partial charge in [0.1, 0.15) is 5.82 Å². The summed E-state index contributed by atoms with van der Waals surface area (Å²) in [7, 11) is 0. The average molecular weight is 235 g/mol. The second kappa shape index (κ2) is 5.98. The molecule has 1 aliphatic rings. The minimum atomic E-state index is 0.414. The van der Waals surface area contributed by atoms with Gasteiger partial charge >= 0.3 is 0 Å². The Bertz CT molecular complexity index is 333. The third-order valence-electron chi connectivity index (χ3n) is 3.19. The van der Waals surface area contributed by atoms with Crippen molar-refractivity contribution in [2.75, 3.05) is 25.4 Å². The van der Waals surface area contributed by atoms with E-state index in [0.717, 1.165) is 26.2 Å². The molecule has 94 valence electrons. The lowest BCUT2D eigenvalue weighted by Crippen LogP contribution is -2.31. The fourth-order valence-corrected chi connectivity index (χ4v) is 2.17. The lowest BCUT2D eigenvalue weighted by Gasteiger charge is -2.23. The molecule has 1 unspecified atom stereocenters. The van der Waals surface area contributed by atoms with E-state index in [2.05, 4.69) is 16.8 Å². The molecule has 1 aromatic rings. The number of likely N-dealkylation sites (N-methyl/N-ethyl adjacent to an activating group) is 1. The Balaban J connectivity index is 1.87. The zero-order valence-electron chi connectivity index (χ0n) is 10.4. The second-order valence-electron chi connectivity index (χ2n) is 4.55. The lowest BCUT2D eigenvalue weighted by molar-refractivity contribution is 0.0724. The van der Waals surface area contributed by atoms with Crippen molar-refractivity contribution >= 4 is 5.82 Å². The fraction of sp³-hybridized carbons (Fsp3) is 0.615. The van der Waals surface area contributed by atoms with Crippen LogP contribution in [0.3, 0.4) is 0 Å². The topological polar surface area (TPSA) is 51.4 Å². The highest BCUT2D eigenvalue weighted by molar-refractivity contribution is 5.29. The van der Waals surface area contributed by atoms with Gasteiger partial charge in [0, 0.05) is 25.9 Å². The van der Waals surface area contributed by atoms with Crippen molar-refractivity contribution in [2.24, 2.45) is 0 Å². The van der Waals surface area contributed by atoms with Crippen LogP contribution in [0.4, 0.5) is 5.82 Å². The molecule has 0 amide bonds. The van der Waals surface area contributed by atoms with Crippen LogP contribution in [0.15, 0.2) is 18.3 Å². The predicted octanol–water partition coefficient (Wildman–Crippen LogP) is 1.66. The third kappa shape index (κ3) is 3.68. The Morgan fingerprint density at radius 2 is 2.41 bits per heavy atom. The van der Waals surface area contributed by atoms with Gasteiger partial charge in [0.15, 0.2) is 0 Å². The Morgan fingerprint density at radius 3 is 3.00 bits per heavy atom. The molecule has 0 aliphatic carbocycles. The van der Waals surface area contributed by atoms with Crippen molar-refractivity contribution in [3.05, 3.63) is 23.9 Å². The number of anilines is 1. The van der Waals surface area contributed by atoms with Gasteiger partial charge in [-0.1, -0.05) is 13.0 Å². The van der Waals surface area contributed by atoms with Crippen LogP contribution in [-0.2, 0) is 11.3 Å². The molecule has 1 saturated heterocycles. The second-order valence-corrected chi connectivity index (χ2v) is 4.55. The summed E-state index contributed by atoms with van der Waals surface area (Å²) in [5.41, 5.74) is 6.78. The molecular formula is C13H21N3O. The molecule has 17 heavy (non-hydrogen) atoms. The van der Waals surface area contributed by atoms with Crippen LogP contribution in [0.2, 0.25) is 0 Å². The van der Waals surface area contributed by atoms with Gasteiger partial charge in [-0.15, -0.1) is 0 Å². The zero-order valence-corrected chi connectivity index (χ0v) is 10.4. The lowest BCUT2D eigenvalue weighted by atomic mass is 10.2. The van der Waals surface area contributed by atoms with Crippen LogP contribution in [0.5, 0.6) is 0 Å². The van der Waals surface area contributed by atoms with E-state index in [-0.39, 0.29) is 0 Å². The molecule has 2 heterocycles. The van der Waals surface area contributed by atoms with Crippen LogP contribution < -0.4 is 5.73 Å². The maximum atomic E-state index is 5.66. The van der Waals surface area contributed by atoms with Crippen molar-refractivity contribution in [3.8, 4) is 0 Å². The predicted molar refractivity (Wildman–Crippen MR) is 68.6 cm³/mol. The summed E-state index contributed by atoms with van der Waals surface area (Å²) >= 11 is 0. The van der Waals surface area contributed by atoms with E-state index in [1.54, 1.807) is 0 Å². The highest BCUT2D eigenvalue weighted by atomic mass is 16.5. The van der Waals surface area contributed by atoms with Gasteiger partial charge in [0.05, 0.1) is 6.10 Å². The molecule has 1 fully saturated rings. The highest BCUT2D eigenvalue weighted by Gasteiger charge is 2.18. The monoisotopic (exact) mass is 235 g/mol. The molecule has 1 atom stereocenters. The molecule has 0 aromatic carbocycles. The summed E-state index contributed by atoms with van der Waals surface area (Å²) in [5, 5.41) is 0. The van der Waals surface area contributed by atoms with Gasteiger partial charge in [-0.25, -0.2) is 4.98 Å². The number of rotatable bonds is 5. The number of nitrogen functional groups attached to an aromatic ring is 1. The van der Waals surface area contributed by atoms with Crippen molar-refractivity contribution in [2.45, 2.75) is 32.4 Å². The van der Waals surface area contributed by atoms with E-state index in [4.69, 9.17) is 10.5 Å². The van der Waals surface area contributed by atoms with Crippen LogP contribution in [0.1, 0.15) is 25.3 Å². The quantitative estimate of drug-likeness (QED) is 0.843. The van der Waals surface area contributed by atoms with Crippen molar-refractivity contribution < 1.29 is 4.74 Å². The van der Waals surface area contributed by atoms with Gasteiger partial charge in [-0.3, -0.25) is 4.90 Å². The molecule has 4 heteroatoms. The molecular weight excluding hydrogens is 214 g/mol. The number of aromatic nitrogens is 1. The Hall–Kier alpha value is -1.13.